The lowest BCUT2D eigenvalue weighted by molar-refractivity contribution is -0.138. The van der Waals surface area contributed by atoms with E-state index in [0.717, 1.165) is 22.6 Å². The SMILES string of the molecule is CCOC(=O)C1=C(C)N(CCOC)C(=O)/C1=C/c1cc(C)n(-c2ccccc2)c1C. The Morgan fingerprint density at radius 1 is 1.13 bits per heavy atom. The van der Waals surface area contributed by atoms with Gasteiger partial charge in [0.2, 0.25) is 0 Å². The summed E-state index contributed by atoms with van der Waals surface area (Å²) in [6, 6.07) is 12.1. The zero-order valence-corrected chi connectivity index (χ0v) is 18.2. The second kappa shape index (κ2) is 9.13. The molecular formula is C24H28N2O4. The fourth-order valence-electron chi connectivity index (χ4n) is 3.84. The summed E-state index contributed by atoms with van der Waals surface area (Å²) < 4.78 is 12.5. The largest absolute Gasteiger partial charge is 0.462 e. The molecule has 0 N–H and O–H groups in total. The summed E-state index contributed by atoms with van der Waals surface area (Å²) in [7, 11) is 1.58. The van der Waals surface area contributed by atoms with Crippen LogP contribution in [0, 0.1) is 13.8 Å². The molecule has 3 rings (SSSR count). The van der Waals surface area contributed by atoms with E-state index in [2.05, 4.69) is 4.57 Å². The van der Waals surface area contributed by atoms with Crippen LogP contribution in [0.25, 0.3) is 11.8 Å². The summed E-state index contributed by atoms with van der Waals surface area (Å²) in [5, 5.41) is 0. The van der Waals surface area contributed by atoms with Crippen LogP contribution in [-0.2, 0) is 19.1 Å². The number of ether oxygens (including phenoxy) is 2. The Morgan fingerprint density at radius 3 is 2.47 bits per heavy atom. The number of benzene rings is 1. The van der Waals surface area contributed by atoms with E-state index in [4.69, 9.17) is 9.47 Å². The Balaban J connectivity index is 2.09. The van der Waals surface area contributed by atoms with Crippen molar-refractivity contribution in [2.45, 2.75) is 27.7 Å². The first-order chi connectivity index (χ1) is 14.4. The summed E-state index contributed by atoms with van der Waals surface area (Å²) in [5.41, 5.74) is 5.26. The predicted octanol–water partition coefficient (Wildman–Crippen LogP) is 3.80. The number of para-hydroxylation sites is 1. The maximum atomic E-state index is 13.2. The average Bonchev–Trinajstić information content (AvgIpc) is 3.13. The van der Waals surface area contributed by atoms with Crippen LogP contribution in [0.15, 0.2) is 53.2 Å². The topological polar surface area (TPSA) is 60.8 Å². The lowest BCUT2D eigenvalue weighted by Gasteiger charge is -2.16. The zero-order chi connectivity index (χ0) is 21.8. The van der Waals surface area contributed by atoms with Gasteiger partial charge in [-0.15, -0.1) is 0 Å². The molecule has 30 heavy (non-hydrogen) atoms. The Kier molecular flexibility index (Phi) is 6.57. The van der Waals surface area contributed by atoms with E-state index in [1.807, 2.05) is 50.2 Å². The van der Waals surface area contributed by atoms with Gasteiger partial charge in [-0.3, -0.25) is 4.79 Å². The van der Waals surface area contributed by atoms with E-state index in [-0.39, 0.29) is 12.5 Å². The van der Waals surface area contributed by atoms with Crippen molar-refractivity contribution in [1.29, 1.82) is 0 Å². The number of hydrogen-bond donors (Lipinski definition) is 0. The molecule has 1 aliphatic rings. The Morgan fingerprint density at radius 2 is 1.83 bits per heavy atom. The van der Waals surface area contributed by atoms with E-state index >= 15 is 0 Å². The first-order valence-electron chi connectivity index (χ1n) is 10.1. The van der Waals surface area contributed by atoms with Crippen LogP contribution in [0.4, 0.5) is 0 Å². The van der Waals surface area contributed by atoms with Crippen LogP contribution >= 0.6 is 0 Å². The van der Waals surface area contributed by atoms with Crippen molar-refractivity contribution in [1.82, 2.24) is 9.47 Å². The van der Waals surface area contributed by atoms with Crippen LogP contribution in [0.5, 0.6) is 0 Å². The van der Waals surface area contributed by atoms with Gasteiger partial charge in [-0.2, -0.15) is 0 Å². The van der Waals surface area contributed by atoms with Crippen LogP contribution in [0.3, 0.4) is 0 Å². The van der Waals surface area contributed by atoms with Crippen molar-refractivity contribution in [2.75, 3.05) is 26.9 Å². The van der Waals surface area contributed by atoms with E-state index in [0.29, 0.717) is 30.0 Å². The Labute approximate surface area is 177 Å². The van der Waals surface area contributed by atoms with Crippen molar-refractivity contribution in [3.63, 3.8) is 0 Å². The lowest BCUT2D eigenvalue weighted by atomic mass is 10.0. The van der Waals surface area contributed by atoms with Crippen LogP contribution in [-0.4, -0.2) is 48.2 Å². The van der Waals surface area contributed by atoms with E-state index in [9.17, 15) is 9.59 Å². The lowest BCUT2D eigenvalue weighted by Crippen LogP contribution is -2.28. The molecular weight excluding hydrogens is 380 g/mol. The summed E-state index contributed by atoms with van der Waals surface area (Å²) in [4.78, 5) is 27.4. The summed E-state index contributed by atoms with van der Waals surface area (Å²) in [6.07, 6.45) is 1.80. The van der Waals surface area contributed by atoms with Gasteiger partial charge in [-0.1, -0.05) is 18.2 Å². The van der Waals surface area contributed by atoms with Gasteiger partial charge in [0.25, 0.3) is 5.91 Å². The van der Waals surface area contributed by atoms with Gasteiger partial charge in [0.1, 0.15) is 0 Å². The number of allylic oxidation sites excluding steroid dienone is 1. The third-order valence-electron chi connectivity index (χ3n) is 5.29. The van der Waals surface area contributed by atoms with E-state index in [1.165, 1.54) is 0 Å². The quantitative estimate of drug-likeness (QED) is 0.516. The third-order valence-corrected chi connectivity index (χ3v) is 5.29. The number of amides is 1. The van der Waals surface area contributed by atoms with Gasteiger partial charge < -0.3 is 18.9 Å². The molecule has 0 fully saturated rings. The van der Waals surface area contributed by atoms with Crippen LogP contribution in [0.2, 0.25) is 0 Å². The first kappa shape index (κ1) is 21.6. The minimum Gasteiger partial charge on any atom is -0.462 e. The van der Waals surface area contributed by atoms with Crippen molar-refractivity contribution < 1.29 is 19.1 Å². The minimum absolute atomic E-state index is 0.211. The molecule has 0 unspecified atom stereocenters. The fraction of sp³-hybridized carbons (Fsp3) is 0.333. The minimum atomic E-state index is -0.480. The highest BCUT2D eigenvalue weighted by Gasteiger charge is 2.37. The molecule has 0 atom stereocenters. The molecule has 158 valence electrons. The number of carbonyl (C=O) groups excluding carboxylic acids is 2. The molecule has 0 bridgehead atoms. The molecule has 0 radical (unpaired) electrons. The number of hydrogen-bond acceptors (Lipinski definition) is 4. The molecule has 1 aromatic heterocycles. The number of aromatic nitrogens is 1. The summed E-state index contributed by atoms with van der Waals surface area (Å²) in [6.45, 7) is 8.57. The van der Waals surface area contributed by atoms with Gasteiger partial charge in [-0.05, 0) is 57.5 Å². The number of aryl methyl sites for hydroxylation is 1. The van der Waals surface area contributed by atoms with E-state index < -0.39 is 5.97 Å². The molecule has 0 saturated heterocycles. The highest BCUT2D eigenvalue weighted by Crippen LogP contribution is 2.33. The van der Waals surface area contributed by atoms with Gasteiger partial charge in [0.15, 0.2) is 0 Å². The highest BCUT2D eigenvalue weighted by atomic mass is 16.5. The molecule has 2 heterocycles. The second-order valence-corrected chi connectivity index (χ2v) is 7.19. The summed E-state index contributed by atoms with van der Waals surface area (Å²) in [5.74, 6) is -0.691. The molecule has 6 heteroatoms. The standard InChI is InChI=1S/C24H28N2O4/c1-6-30-24(28)22-18(4)25(12-13-29-5)23(27)21(22)15-19-14-16(2)26(17(19)3)20-10-8-7-9-11-20/h7-11,14-15H,6,12-13H2,1-5H3/b21-15+. The molecule has 0 spiro atoms. The van der Waals surface area contributed by atoms with Gasteiger partial charge in [0, 0.05) is 36.4 Å². The zero-order valence-electron chi connectivity index (χ0n) is 18.2. The second-order valence-electron chi connectivity index (χ2n) is 7.19. The number of methoxy groups -OCH3 is 1. The molecule has 6 nitrogen and oxygen atoms in total. The monoisotopic (exact) mass is 408 g/mol. The predicted molar refractivity (Wildman–Crippen MR) is 116 cm³/mol. The normalized spacial score (nSPS) is 15.4. The molecule has 2 aromatic rings. The Hall–Kier alpha value is -3.12. The highest BCUT2D eigenvalue weighted by molar-refractivity contribution is 6.16. The number of esters is 1. The number of nitrogens with zero attached hydrogens (tertiary/aromatic N) is 2. The van der Waals surface area contributed by atoms with Crippen LogP contribution < -0.4 is 0 Å². The molecule has 0 aliphatic carbocycles. The van der Waals surface area contributed by atoms with Crippen molar-refractivity contribution in [3.05, 3.63) is 70.2 Å². The fourth-order valence-corrected chi connectivity index (χ4v) is 3.84. The van der Waals surface area contributed by atoms with Gasteiger partial charge in [0.05, 0.1) is 24.4 Å². The smallest absolute Gasteiger partial charge is 0.340 e. The number of rotatable bonds is 7. The average molecular weight is 408 g/mol. The third kappa shape index (κ3) is 3.96. The summed E-state index contributed by atoms with van der Waals surface area (Å²) >= 11 is 0. The first-order valence-corrected chi connectivity index (χ1v) is 10.1. The molecule has 1 amide bonds. The van der Waals surface area contributed by atoms with E-state index in [1.54, 1.807) is 31.9 Å². The van der Waals surface area contributed by atoms with Gasteiger partial charge in [-0.25, -0.2) is 4.79 Å². The maximum Gasteiger partial charge on any atom is 0.340 e. The molecule has 0 saturated carbocycles. The molecule has 1 aliphatic heterocycles. The van der Waals surface area contributed by atoms with Gasteiger partial charge >= 0.3 is 5.97 Å². The molecule has 1 aromatic carbocycles. The van der Waals surface area contributed by atoms with Crippen molar-refractivity contribution in [2.24, 2.45) is 0 Å². The Bertz CT molecular complexity index is 1020. The van der Waals surface area contributed by atoms with Crippen molar-refractivity contribution in [3.8, 4) is 5.69 Å². The van der Waals surface area contributed by atoms with Crippen LogP contribution in [0.1, 0.15) is 30.8 Å². The van der Waals surface area contributed by atoms with Crippen molar-refractivity contribution >= 4 is 18.0 Å². The maximum absolute atomic E-state index is 13.2. The number of carbonyl (C=O) groups is 2.